The molecule has 2 aromatic carbocycles. The Bertz CT molecular complexity index is 922. The van der Waals surface area contributed by atoms with Crippen molar-refractivity contribution in [3.63, 3.8) is 0 Å². The predicted octanol–water partition coefficient (Wildman–Crippen LogP) is 3.03. The van der Waals surface area contributed by atoms with Crippen LogP contribution in [0.25, 0.3) is 11.4 Å². The molecule has 0 aliphatic rings. The summed E-state index contributed by atoms with van der Waals surface area (Å²) in [6.07, 6.45) is 0. The third-order valence-corrected chi connectivity index (χ3v) is 3.55. The highest BCUT2D eigenvalue weighted by atomic mass is 16.5. The Kier molecular flexibility index (Phi) is 5.02. The van der Waals surface area contributed by atoms with Gasteiger partial charge in [0.2, 0.25) is 5.82 Å². The van der Waals surface area contributed by atoms with Gasteiger partial charge in [-0.1, -0.05) is 11.2 Å². The summed E-state index contributed by atoms with van der Waals surface area (Å²) in [5, 5.41) is 12.9. The molecule has 0 bridgehead atoms. The van der Waals surface area contributed by atoms with E-state index < -0.39 is 5.97 Å². The molecule has 1 heterocycles. The van der Waals surface area contributed by atoms with Crippen molar-refractivity contribution in [2.75, 3.05) is 14.2 Å². The molecule has 0 saturated heterocycles. The number of carboxylic acids is 1. The lowest BCUT2D eigenvalue weighted by atomic mass is 10.2. The van der Waals surface area contributed by atoms with Crippen molar-refractivity contribution in [3.05, 3.63) is 53.9 Å². The van der Waals surface area contributed by atoms with Gasteiger partial charge in [-0.3, -0.25) is 0 Å². The minimum absolute atomic E-state index is 0.0172. The van der Waals surface area contributed by atoms with Crippen molar-refractivity contribution in [3.8, 4) is 28.6 Å². The maximum atomic E-state index is 11.0. The zero-order valence-corrected chi connectivity index (χ0v) is 14.1. The van der Waals surface area contributed by atoms with Gasteiger partial charge < -0.3 is 23.8 Å². The van der Waals surface area contributed by atoms with E-state index in [0.29, 0.717) is 28.6 Å². The molecule has 0 aliphatic carbocycles. The molecule has 134 valence electrons. The van der Waals surface area contributed by atoms with Gasteiger partial charge in [-0.2, -0.15) is 4.98 Å². The molecule has 0 aliphatic heterocycles. The lowest BCUT2D eigenvalue weighted by molar-refractivity contribution is 0.0696. The van der Waals surface area contributed by atoms with Crippen molar-refractivity contribution in [2.45, 2.75) is 6.61 Å². The number of aromatic carboxylic acids is 1. The smallest absolute Gasteiger partial charge is 0.335 e. The molecule has 0 spiro atoms. The van der Waals surface area contributed by atoms with E-state index in [1.54, 1.807) is 44.6 Å². The van der Waals surface area contributed by atoms with Crippen molar-refractivity contribution < 1.29 is 28.6 Å². The topological polar surface area (TPSA) is 104 Å². The van der Waals surface area contributed by atoms with Gasteiger partial charge in [-0.05, 0) is 36.4 Å². The fraction of sp³-hybridized carbons (Fsp3) is 0.167. The molecule has 1 aromatic heterocycles. The van der Waals surface area contributed by atoms with Gasteiger partial charge in [-0.15, -0.1) is 0 Å². The second-order valence-corrected chi connectivity index (χ2v) is 5.20. The summed E-state index contributed by atoms with van der Waals surface area (Å²) < 4.78 is 21.1. The van der Waals surface area contributed by atoms with Crippen LogP contribution in [-0.4, -0.2) is 35.4 Å². The van der Waals surface area contributed by atoms with Crippen molar-refractivity contribution in [1.29, 1.82) is 0 Å². The summed E-state index contributed by atoms with van der Waals surface area (Å²) in [6, 6.07) is 11.4. The number of nitrogens with zero attached hydrogens (tertiary/aromatic N) is 2. The average Bonchev–Trinajstić information content (AvgIpc) is 3.15. The third kappa shape index (κ3) is 3.75. The number of benzene rings is 2. The van der Waals surface area contributed by atoms with Crippen molar-refractivity contribution >= 4 is 5.97 Å². The van der Waals surface area contributed by atoms with Gasteiger partial charge >= 0.3 is 5.97 Å². The predicted molar refractivity (Wildman–Crippen MR) is 90.6 cm³/mol. The molecular weight excluding hydrogens is 340 g/mol. The lowest BCUT2D eigenvalue weighted by Gasteiger charge is -2.07. The van der Waals surface area contributed by atoms with Gasteiger partial charge in [-0.25, -0.2) is 4.79 Å². The summed E-state index contributed by atoms with van der Waals surface area (Å²) in [5.74, 6) is 1.17. The van der Waals surface area contributed by atoms with Gasteiger partial charge in [0.25, 0.3) is 5.89 Å². The first kappa shape index (κ1) is 17.3. The average molecular weight is 356 g/mol. The first-order valence-electron chi connectivity index (χ1n) is 7.62. The Morgan fingerprint density at radius 3 is 2.65 bits per heavy atom. The van der Waals surface area contributed by atoms with E-state index in [0.717, 1.165) is 0 Å². The highest BCUT2D eigenvalue weighted by Crippen LogP contribution is 2.31. The molecule has 0 radical (unpaired) electrons. The Morgan fingerprint density at radius 2 is 1.92 bits per heavy atom. The quantitative estimate of drug-likeness (QED) is 0.689. The zero-order valence-electron chi connectivity index (χ0n) is 14.1. The van der Waals surface area contributed by atoms with Crippen LogP contribution in [0.5, 0.6) is 17.2 Å². The number of aromatic nitrogens is 2. The van der Waals surface area contributed by atoms with Gasteiger partial charge in [0.05, 0.1) is 19.8 Å². The van der Waals surface area contributed by atoms with Crippen LogP contribution in [0.1, 0.15) is 16.2 Å². The number of carbonyl (C=O) groups is 1. The molecule has 0 amide bonds. The van der Waals surface area contributed by atoms with E-state index >= 15 is 0 Å². The maximum absolute atomic E-state index is 11.0. The van der Waals surface area contributed by atoms with E-state index in [-0.39, 0.29) is 18.1 Å². The van der Waals surface area contributed by atoms with Crippen LogP contribution < -0.4 is 14.2 Å². The van der Waals surface area contributed by atoms with E-state index in [1.165, 1.54) is 12.1 Å². The minimum atomic E-state index is -1.02. The van der Waals surface area contributed by atoms with Crippen LogP contribution in [0.15, 0.2) is 47.0 Å². The maximum Gasteiger partial charge on any atom is 0.335 e. The molecule has 8 nitrogen and oxygen atoms in total. The van der Waals surface area contributed by atoms with E-state index in [1.807, 2.05) is 0 Å². The van der Waals surface area contributed by atoms with Crippen molar-refractivity contribution in [1.82, 2.24) is 10.1 Å². The molecule has 0 saturated carbocycles. The first-order valence-corrected chi connectivity index (χ1v) is 7.62. The summed E-state index contributed by atoms with van der Waals surface area (Å²) in [5.41, 5.74) is 0.838. The number of hydrogen-bond acceptors (Lipinski definition) is 7. The van der Waals surface area contributed by atoms with Crippen LogP contribution >= 0.6 is 0 Å². The van der Waals surface area contributed by atoms with Gasteiger partial charge in [0, 0.05) is 5.56 Å². The van der Waals surface area contributed by atoms with Crippen LogP contribution in [0.3, 0.4) is 0 Å². The van der Waals surface area contributed by atoms with Gasteiger partial charge in [0.1, 0.15) is 5.75 Å². The van der Waals surface area contributed by atoms with Gasteiger partial charge in [0.15, 0.2) is 18.1 Å². The highest BCUT2D eigenvalue weighted by Gasteiger charge is 2.13. The molecular formula is C18H16N2O6. The van der Waals surface area contributed by atoms with Crippen LogP contribution in [0.2, 0.25) is 0 Å². The second-order valence-electron chi connectivity index (χ2n) is 5.20. The summed E-state index contributed by atoms with van der Waals surface area (Å²) in [6.45, 7) is 0.0172. The Hall–Kier alpha value is -3.55. The molecule has 26 heavy (non-hydrogen) atoms. The van der Waals surface area contributed by atoms with E-state index in [9.17, 15) is 4.79 Å². The minimum Gasteiger partial charge on any atom is -0.493 e. The summed E-state index contributed by atoms with van der Waals surface area (Å²) in [4.78, 5) is 15.2. The number of hydrogen-bond donors (Lipinski definition) is 1. The van der Waals surface area contributed by atoms with E-state index in [4.69, 9.17) is 23.8 Å². The fourth-order valence-electron chi connectivity index (χ4n) is 2.27. The molecule has 1 N–H and O–H groups in total. The molecule has 0 unspecified atom stereocenters. The first-order chi connectivity index (χ1) is 12.6. The molecule has 3 rings (SSSR count). The third-order valence-electron chi connectivity index (χ3n) is 3.55. The van der Waals surface area contributed by atoms with Crippen LogP contribution in [0.4, 0.5) is 0 Å². The van der Waals surface area contributed by atoms with Crippen LogP contribution in [-0.2, 0) is 6.61 Å². The number of carboxylic acid groups (broad SMARTS) is 1. The zero-order chi connectivity index (χ0) is 18.5. The molecule has 0 atom stereocenters. The normalized spacial score (nSPS) is 10.4. The largest absolute Gasteiger partial charge is 0.493 e. The standard InChI is InChI=1S/C18H16N2O6/c1-23-14-7-6-11(9-15(14)24-2)17-19-16(26-20-17)10-25-13-5-3-4-12(8-13)18(21)22/h3-9H,10H2,1-2H3,(H,21,22). The monoisotopic (exact) mass is 356 g/mol. The molecule has 8 heteroatoms. The number of rotatable bonds is 7. The second kappa shape index (κ2) is 7.56. The highest BCUT2D eigenvalue weighted by molar-refractivity contribution is 5.88. The Balaban J connectivity index is 1.72. The summed E-state index contributed by atoms with van der Waals surface area (Å²) >= 11 is 0. The number of methoxy groups -OCH3 is 2. The lowest BCUT2D eigenvalue weighted by Crippen LogP contribution is -1.99. The van der Waals surface area contributed by atoms with E-state index in [2.05, 4.69) is 10.1 Å². The fourth-order valence-corrected chi connectivity index (χ4v) is 2.27. The summed E-state index contributed by atoms with van der Waals surface area (Å²) in [7, 11) is 3.10. The Morgan fingerprint density at radius 1 is 1.12 bits per heavy atom. The Labute approximate surface area is 148 Å². The van der Waals surface area contributed by atoms with Crippen LogP contribution in [0, 0.1) is 0 Å². The van der Waals surface area contributed by atoms with Crippen molar-refractivity contribution in [2.24, 2.45) is 0 Å². The SMILES string of the molecule is COc1ccc(-c2noc(COc3cccc(C(=O)O)c3)n2)cc1OC. The molecule has 3 aromatic rings. The molecule has 0 fully saturated rings. The number of ether oxygens (including phenoxy) is 3.